The first kappa shape index (κ1) is 27.8. The average Bonchev–Trinajstić information content (AvgIpc) is 2.89. The summed E-state index contributed by atoms with van der Waals surface area (Å²) in [7, 11) is 3.92. The number of carbonyl (C=O) groups excluding carboxylic acids is 1. The zero-order chi connectivity index (χ0) is 30.6. The Kier molecular flexibility index (Phi) is 5.85. The first-order valence-corrected chi connectivity index (χ1v) is 13.7. The minimum Gasteiger partial charge on any atom is -0.545 e. The van der Waals surface area contributed by atoms with E-state index in [4.69, 9.17) is 4.74 Å². The Balaban J connectivity index is 1.82. The molecule has 0 aliphatic carbocycles. The molecule has 6 rings (SSSR count). The molecule has 0 N–H and O–H groups in total. The van der Waals surface area contributed by atoms with Crippen LogP contribution in [0.25, 0.3) is 16.7 Å². The Hall–Kier alpha value is -4.33. The molecule has 0 saturated heterocycles. The van der Waals surface area contributed by atoms with Crippen LogP contribution in [0.15, 0.2) is 42.5 Å². The van der Waals surface area contributed by atoms with Crippen LogP contribution in [0, 0.1) is 17.5 Å². The van der Waals surface area contributed by atoms with E-state index in [0.29, 0.717) is 28.3 Å². The summed E-state index contributed by atoms with van der Waals surface area (Å²) < 4.78 is 53.8. The highest BCUT2D eigenvalue weighted by Crippen LogP contribution is 2.46. The number of hydrogen-bond acceptors (Lipinski definition) is 4. The van der Waals surface area contributed by atoms with E-state index in [1.165, 1.54) is 0 Å². The highest BCUT2D eigenvalue weighted by molar-refractivity contribution is 5.99. The Bertz CT molecular complexity index is 1970. The minimum absolute atomic E-state index is 0.0908. The van der Waals surface area contributed by atoms with Gasteiger partial charge in [-0.15, -0.1) is 0 Å². The third-order valence-corrected chi connectivity index (χ3v) is 9.02. The van der Waals surface area contributed by atoms with E-state index in [0.717, 1.165) is 33.3 Å². The number of anilines is 1. The van der Waals surface area contributed by atoms with Crippen LogP contribution in [0.4, 0.5) is 18.9 Å². The third-order valence-electron chi connectivity index (χ3n) is 9.02. The molecule has 0 amide bonds. The van der Waals surface area contributed by atoms with Gasteiger partial charge in [-0.05, 0) is 57.0 Å². The Morgan fingerprint density at radius 3 is 2.21 bits per heavy atom. The van der Waals surface area contributed by atoms with Crippen LogP contribution in [0.2, 0.25) is 0 Å². The van der Waals surface area contributed by atoms with E-state index in [9.17, 15) is 14.3 Å². The van der Waals surface area contributed by atoms with Gasteiger partial charge >= 0.3 is 0 Å². The number of allylic oxidation sites excluding steroid dienone is 2. The molecule has 3 aromatic carbocycles. The molecule has 0 radical (unpaired) electrons. The van der Waals surface area contributed by atoms with Crippen LogP contribution >= 0.6 is 0 Å². The topological polar surface area (TPSA) is 55.6 Å². The van der Waals surface area contributed by atoms with Gasteiger partial charge in [0.2, 0.25) is 5.36 Å². The maximum absolute atomic E-state index is 15.8. The number of carboxylic acids is 1. The number of carbonyl (C=O) groups is 1. The number of carboxylic acid groups (broad SMARTS) is 1. The number of halogens is 3. The van der Waals surface area contributed by atoms with E-state index in [1.54, 1.807) is 12.1 Å². The highest BCUT2D eigenvalue weighted by Gasteiger charge is 2.36. The lowest BCUT2D eigenvalue weighted by molar-refractivity contribution is -0.255. The average molecular weight is 573 g/mol. The normalized spacial score (nSPS) is 17.8. The number of rotatable bonds is 2. The third kappa shape index (κ3) is 3.84. The van der Waals surface area contributed by atoms with Gasteiger partial charge in [-0.1, -0.05) is 6.08 Å². The van der Waals surface area contributed by atoms with Crippen molar-refractivity contribution in [3.8, 4) is 11.5 Å². The summed E-state index contributed by atoms with van der Waals surface area (Å²) in [5.74, 6) is -5.84. The van der Waals surface area contributed by atoms with E-state index >= 15 is 8.78 Å². The molecule has 0 fully saturated rings. The molecule has 0 spiro atoms. The SMILES string of the molecule is CC1=CC(C)(C)N(C)c2cc3c(cc21)C(c1c(F)cc(F)c(F)c1C(=O)[O-])=c1cc2c(cc1O3)=[N+](C)C(C)(C)C=C2C. The maximum atomic E-state index is 15.8. The van der Waals surface area contributed by atoms with Crippen molar-refractivity contribution in [2.75, 3.05) is 19.0 Å². The molecule has 3 aliphatic heterocycles. The number of hydrogen-bond donors (Lipinski definition) is 0. The molecule has 3 aliphatic rings. The number of nitrogens with zero attached hydrogens (tertiary/aromatic N) is 2. The van der Waals surface area contributed by atoms with Crippen LogP contribution in [0.1, 0.15) is 74.2 Å². The second-order valence-electron chi connectivity index (χ2n) is 12.5. The van der Waals surface area contributed by atoms with E-state index in [2.05, 4.69) is 49.3 Å². The minimum atomic E-state index is -2.02. The monoisotopic (exact) mass is 572 g/mol. The zero-order valence-corrected chi connectivity index (χ0v) is 24.8. The van der Waals surface area contributed by atoms with Crippen molar-refractivity contribution in [1.29, 1.82) is 0 Å². The Labute approximate surface area is 242 Å². The number of likely N-dealkylation sites (N-methyl/N-ethyl adjacent to an activating group) is 2. The molecule has 8 heteroatoms. The zero-order valence-electron chi connectivity index (χ0n) is 24.8. The number of benzene rings is 3. The fourth-order valence-corrected chi connectivity index (χ4v) is 6.48. The predicted molar refractivity (Wildman–Crippen MR) is 155 cm³/mol. The Morgan fingerprint density at radius 1 is 0.881 bits per heavy atom. The summed E-state index contributed by atoms with van der Waals surface area (Å²) in [6.45, 7) is 12.2. The van der Waals surface area contributed by atoms with Gasteiger partial charge in [-0.3, -0.25) is 0 Å². The van der Waals surface area contributed by atoms with Gasteiger partial charge in [0.25, 0.3) is 0 Å². The lowest BCUT2D eigenvalue weighted by Crippen LogP contribution is -2.47. The Morgan fingerprint density at radius 2 is 1.55 bits per heavy atom. The molecule has 216 valence electrons. The van der Waals surface area contributed by atoms with Crippen molar-refractivity contribution >= 4 is 28.4 Å². The van der Waals surface area contributed by atoms with Gasteiger partial charge in [0.05, 0.1) is 17.6 Å². The van der Waals surface area contributed by atoms with Gasteiger partial charge < -0.3 is 19.5 Å². The van der Waals surface area contributed by atoms with Crippen molar-refractivity contribution in [2.24, 2.45) is 0 Å². The molecule has 3 aromatic rings. The number of ether oxygens (including phenoxy) is 1. The van der Waals surface area contributed by atoms with E-state index in [1.807, 2.05) is 40.1 Å². The standard InChI is InChI=1S/C34H31F3N2O3/c1-16-14-33(3,4)38(7)24-12-26-20(9-18(16)24)28(29-22(35)11-23(36)31(37)30(29)32(40)41)21-10-19-17(2)15-34(5,6)39(8)25(19)13-27(21)42-26/h9-15H,1-8H3. The van der Waals surface area contributed by atoms with Gasteiger partial charge in [-0.25, -0.2) is 17.7 Å². The second kappa shape index (κ2) is 8.84. The molecule has 0 atom stereocenters. The summed E-state index contributed by atoms with van der Waals surface area (Å²) >= 11 is 0. The van der Waals surface area contributed by atoms with Crippen molar-refractivity contribution in [2.45, 2.75) is 52.6 Å². The van der Waals surface area contributed by atoms with E-state index in [-0.39, 0.29) is 16.7 Å². The van der Waals surface area contributed by atoms with Gasteiger partial charge in [-0.2, -0.15) is 0 Å². The smallest absolute Gasteiger partial charge is 0.211 e. The van der Waals surface area contributed by atoms with Crippen molar-refractivity contribution < 1.29 is 27.8 Å². The summed E-state index contributed by atoms with van der Waals surface area (Å²) in [4.78, 5) is 14.3. The van der Waals surface area contributed by atoms with Crippen LogP contribution in [-0.2, 0) is 0 Å². The van der Waals surface area contributed by atoms with Crippen molar-refractivity contribution in [3.05, 3.63) is 98.3 Å². The second-order valence-corrected chi connectivity index (χ2v) is 12.5. The van der Waals surface area contributed by atoms with Crippen molar-refractivity contribution in [1.82, 2.24) is 4.58 Å². The van der Waals surface area contributed by atoms with Crippen LogP contribution in [0.3, 0.4) is 0 Å². The summed E-state index contributed by atoms with van der Waals surface area (Å²) in [5, 5.41) is 13.5. The van der Waals surface area contributed by atoms with E-state index < -0.39 is 34.5 Å². The molecule has 0 bridgehead atoms. The molecule has 0 aromatic heterocycles. The summed E-state index contributed by atoms with van der Waals surface area (Å²) in [6.07, 6.45) is 4.21. The molecule has 3 heterocycles. The maximum Gasteiger partial charge on any atom is 0.211 e. The van der Waals surface area contributed by atoms with Crippen molar-refractivity contribution in [3.63, 3.8) is 0 Å². The molecule has 0 unspecified atom stereocenters. The quantitative estimate of drug-likeness (QED) is 0.257. The lowest BCUT2D eigenvalue weighted by atomic mass is 9.83. The molecule has 42 heavy (non-hydrogen) atoms. The number of aromatic carboxylic acids is 1. The van der Waals surface area contributed by atoms with Gasteiger partial charge in [0.1, 0.15) is 24.4 Å². The molecular formula is C34H31F3N2O3. The first-order valence-electron chi connectivity index (χ1n) is 13.7. The van der Waals surface area contributed by atoms with Crippen LogP contribution in [0.5, 0.6) is 11.5 Å². The summed E-state index contributed by atoms with van der Waals surface area (Å²) in [5.41, 5.74) is 2.51. The number of fused-ring (bicyclic) bond motifs is 4. The van der Waals surface area contributed by atoms with Crippen LogP contribution in [-0.4, -0.2) is 31.1 Å². The van der Waals surface area contributed by atoms with Crippen LogP contribution < -0.4 is 29.9 Å². The predicted octanol–water partition coefficient (Wildman–Crippen LogP) is 4.77. The molecular weight excluding hydrogens is 541 g/mol. The fourth-order valence-electron chi connectivity index (χ4n) is 6.48. The van der Waals surface area contributed by atoms with Gasteiger partial charge in [0.15, 0.2) is 17.2 Å². The fraction of sp³-hybridized carbons (Fsp3) is 0.294. The molecule has 0 saturated carbocycles. The first-order chi connectivity index (χ1) is 19.5. The van der Waals surface area contributed by atoms with Gasteiger partial charge in [0, 0.05) is 77.3 Å². The summed E-state index contributed by atoms with van der Waals surface area (Å²) in [6, 6.07) is 7.65. The largest absolute Gasteiger partial charge is 0.545 e. The lowest BCUT2D eigenvalue weighted by Gasteiger charge is -2.41. The highest BCUT2D eigenvalue weighted by atomic mass is 19.2. The molecule has 5 nitrogen and oxygen atoms in total.